The fourth-order valence-corrected chi connectivity index (χ4v) is 3.95. The van der Waals surface area contributed by atoms with Crippen LogP contribution in [0, 0.1) is 11.3 Å². The van der Waals surface area contributed by atoms with Crippen LogP contribution >= 0.6 is 0 Å². The average Bonchev–Trinajstić information content (AvgIpc) is 2.85. The topological polar surface area (TPSA) is 119 Å². The third-order valence-corrected chi connectivity index (χ3v) is 5.83. The van der Waals surface area contributed by atoms with Crippen molar-refractivity contribution < 1.29 is 14.3 Å². The third kappa shape index (κ3) is 6.44. The molecule has 1 N–H and O–H groups in total. The number of hydrogen-bond donors (Lipinski definition) is 1. The molecule has 1 amide bonds. The SMILES string of the molecule is C/C=C(C#N)\C=C/C(=C(C)C)N1CCN(C(=O)CCc2nc3cc(OC=O)ccc3c(=O)[nH]2)CC1. The van der Waals surface area contributed by atoms with E-state index in [-0.39, 0.29) is 17.9 Å². The van der Waals surface area contributed by atoms with Crippen LogP contribution in [0.15, 0.2) is 58.1 Å². The number of allylic oxidation sites excluding steroid dienone is 5. The molecule has 0 spiro atoms. The number of hydrogen-bond acceptors (Lipinski definition) is 7. The van der Waals surface area contributed by atoms with Gasteiger partial charge in [0, 0.05) is 56.4 Å². The number of fused-ring (bicyclic) bond motifs is 1. The minimum Gasteiger partial charge on any atom is -0.429 e. The molecule has 1 aliphatic rings. The highest BCUT2D eigenvalue weighted by atomic mass is 16.5. The lowest BCUT2D eigenvalue weighted by molar-refractivity contribution is -0.132. The van der Waals surface area contributed by atoms with Crippen molar-refractivity contribution >= 4 is 23.3 Å². The van der Waals surface area contributed by atoms with Crippen LogP contribution in [0.25, 0.3) is 10.9 Å². The number of ether oxygens (including phenoxy) is 1. The molecule has 0 atom stereocenters. The van der Waals surface area contributed by atoms with Crippen molar-refractivity contribution in [1.82, 2.24) is 19.8 Å². The second kappa shape index (κ2) is 11.8. The van der Waals surface area contributed by atoms with Crippen molar-refractivity contribution in [3.05, 3.63) is 69.4 Å². The Labute approximate surface area is 204 Å². The number of nitriles is 1. The molecule has 0 saturated carbocycles. The molecule has 9 nitrogen and oxygen atoms in total. The number of aromatic nitrogens is 2. The largest absolute Gasteiger partial charge is 0.429 e. The molecule has 9 heteroatoms. The smallest absolute Gasteiger partial charge is 0.298 e. The highest BCUT2D eigenvalue weighted by Crippen LogP contribution is 2.18. The van der Waals surface area contributed by atoms with Crippen LogP contribution in [0.4, 0.5) is 0 Å². The van der Waals surface area contributed by atoms with E-state index in [1.807, 2.05) is 37.8 Å². The number of carbonyl (C=O) groups is 2. The van der Waals surface area contributed by atoms with Crippen LogP contribution < -0.4 is 10.3 Å². The monoisotopic (exact) mass is 475 g/mol. The summed E-state index contributed by atoms with van der Waals surface area (Å²) in [6, 6.07) is 6.74. The predicted molar refractivity (Wildman–Crippen MR) is 132 cm³/mol. The summed E-state index contributed by atoms with van der Waals surface area (Å²) in [5.41, 5.74) is 2.91. The Balaban J connectivity index is 1.61. The van der Waals surface area contributed by atoms with Gasteiger partial charge in [0.05, 0.1) is 17.0 Å². The molecule has 35 heavy (non-hydrogen) atoms. The number of rotatable bonds is 8. The highest BCUT2D eigenvalue weighted by Gasteiger charge is 2.22. The summed E-state index contributed by atoms with van der Waals surface area (Å²) in [4.78, 5) is 47.0. The molecule has 2 heterocycles. The molecular weight excluding hydrogens is 446 g/mol. The van der Waals surface area contributed by atoms with E-state index in [4.69, 9.17) is 10.00 Å². The Kier molecular flexibility index (Phi) is 8.57. The van der Waals surface area contributed by atoms with E-state index in [0.717, 1.165) is 11.3 Å². The highest BCUT2D eigenvalue weighted by molar-refractivity contribution is 5.80. The molecule has 0 aliphatic carbocycles. The van der Waals surface area contributed by atoms with Crippen molar-refractivity contribution in [1.29, 1.82) is 5.26 Å². The predicted octanol–water partition coefficient (Wildman–Crippen LogP) is 2.86. The van der Waals surface area contributed by atoms with Gasteiger partial charge in [0.25, 0.3) is 12.0 Å². The first-order valence-corrected chi connectivity index (χ1v) is 11.4. The van der Waals surface area contributed by atoms with Crippen molar-refractivity contribution in [3.8, 4) is 11.8 Å². The fourth-order valence-electron chi connectivity index (χ4n) is 3.95. The lowest BCUT2D eigenvalue weighted by atomic mass is 10.1. The zero-order valence-electron chi connectivity index (χ0n) is 20.2. The van der Waals surface area contributed by atoms with Gasteiger partial charge in [0.15, 0.2) is 0 Å². The van der Waals surface area contributed by atoms with Crippen molar-refractivity contribution in [2.75, 3.05) is 26.2 Å². The summed E-state index contributed by atoms with van der Waals surface area (Å²) >= 11 is 0. The van der Waals surface area contributed by atoms with E-state index in [0.29, 0.717) is 67.1 Å². The third-order valence-electron chi connectivity index (χ3n) is 5.83. The van der Waals surface area contributed by atoms with E-state index >= 15 is 0 Å². The van der Waals surface area contributed by atoms with Gasteiger partial charge in [0.1, 0.15) is 11.6 Å². The standard InChI is InChI=1S/C26H29N5O4/c1-4-19(16-27)5-8-23(18(2)3)30-11-13-31(14-12-30)25(33)10-9-24-28-22-15-20(35-17-32)6-7-21(22)26(34)29-24/h4-8,15,17H,9-14H2,1-3H3,(H,28,29,34)/b8-5-,19-4+. The van der Waals surface area contributed by atoms with Gasteiger partial charge in [-0.25, -0.2) is 4.98 Å². The second-order valence-electron chi connectivity index (χ2n) is 8.35. The van der Waals surface area contributed by atoms with Gasteiger partial charge in [-0.15, -0.1) is 0 Å². The van der Waals surface area contributed by atoms with Gasteiger partial charge in [-0.2, -0.15) is 5.26 Å². The number of H-pyrrole nitrogens is 1. The maximum Gasteiger partial charge on any atom is 0.298 e. The van der Waals surface area contributed by atoms with Gasteiger partial charge in [0.2, 0.25) is 5.91 Å². The Morgan fingerprint density at radius 3 is 2.54 bits per heavy atom. The van der Waals surface area contributed by atoms with E-state index in [1.54, 1.807) is 12.1 Å². The Hall–Kier alpha value is -4.19. The maximum absolute atomic E-state index is 12.8. The molecule has 1 fully saturated rings. The van der Waals surface area contributed by atoms with Gasteiger partial charge in [-0.05, 0) is 45.1 Å². The Morgan fingerprint density at radius 1 is 1.20 bits per heavy atom. The number of aryl methyl sites for hydroxylation is 1. The van der Waals surface area contributed by atoms with Crippen molar-refractivity contribution in [3.63, 3.8) is 0 Å². The van der Waals surface area contributed by atoms with E-state index < -0.39 is 0 Å². The summed E-state index contributed by atoms with van der Waals surface area (Å²) < 4.78 is 4.83. The van der Waals surface area contributed by atoms with E-state index in [2.05, 4.69) is 20.9 Å². The van der Waals surface area contributed by atoms with Gasteiger partial charge in [-0.3, -0.25) is 14.4 Å². The van der Waals surface area contributed by atoms with Crippen LogP contribution in [0.5, 0.6) is 5.75 Å². The number of carbonyl (C=O) groups excluding carboxylic acids is 2. The number of amides is 1. The van der Waals surface area contributed by atoms with Gasteiger partial charge >= 0.3 is 0 Å². The quantitative estimate of drug-likeness (QED) is 0.354. The fraction of sp³-hybridized carbons (Fsp3) is 0.346. The van der Waals surface area contributed by atoms with Crippen molar-refractivity contribution in [2.45, 2.75) is 33.6 Å². The summed E-state index contributed by atoms with van der Waals surface area (Å²) in [6.45, 7) is 8.78. The van der Waals surface area contributed by atoms with Crippen molar-refractivity contribution in [2.24, 2.45) is 0 Å². The number of aromatic amines is 1. The minimum atomic E-state index is -0.302. The lowest BCUT2D eigenvalue weighted by Crippen LogP contribution is -2.48. The molecule has 1 aromatic heterocycles. The normalized spacial score (nSPS) is 14.2. The molecule has 3 rings (SSSR count). The minimum absolute atomic E-state index is 0.000380. The summed E-state index contributed by atoms with van der Waals surface area (Å²) in [6.07, 6.45) is 6.06. The zero-order chi connectivity index (χ0) is 25.4. The molecule has 2 aromatic rings. The molecule has 182 valence electrons. The number of nitrogens with one attached hydrogen (secondary N) is 1. The molecule has 1 aliphatic heterocycles. The molecule has 1 saturated heterocycles. The second-order valence-corrected chi connectivity index (χ2v) is 8.35. The van der Waals surface area contributed by atoms with E-state index in [1.165, 1.54) is 12.1 Å². The van der Waals surface area contributed by atoms with Crippen LogP contribution in [0.1, 0.15) is 33.0 Å². The van der Waals surface area contributed by atoms with E-state index in [9.17, 15) is 14.4 Å². The molecule has 1 aromatic carbocycles. The average molecular weight is 476 g/mol. The lowest BCUT2D eigenvalue weighted by Gasteiger charge is -2.37. The summed E-state index contributed by atoms with van der Waals surface area (Å²) in [5, 5.41) is 9.52. The maximum atomic E-state index is 12.8. The number of piperazine rings is 1. The van der Waals surface area contributed by atoms with Crippen LogP contribution in [0.3, 0.4) is 0 Å². The first kappa shape index (κ1) is 25.4. The van der Waals surface area contributed by atoms with Crippen LogP contribution in [-0.2, 0) is 16.0 Å². The molecule has 0 bridgehead atoms. The number of benzene rings is 1. The zero-order valence-corrected chi connectivity index (χ0v) is 20.2. The van der Waals surface area contributed by atoms with Gasteiger partial charge in [-0.1, -0.05) is 11.6 Å². The molecule has 0 unspecified atom stereocenters. The first-order chi connectivity index (χ1) is 16.9. The summed E-state index contributed by atoms with van der Waals surface area (Å²) in [7, 11) is 0. The van der Waals surface area contributed by atoms with Gasteiger partial charge < -0.3 is 19.5 Å². The van der Waals surface area contributed by atoms with Crippen LogP contribution in [-0.4, -0.2) is 58.3 Å². The first-order valence-electron chi connectivity index (χ1n) is 11.4. The number of nitrogens with zero attached hydrogens (tertiary/aromatic N) is 4. The summed E-state index contributed by atoms with van der Waals surface area (Å²) in [5.74, 6) is 0.707. The Bertz CT molecular complexity index is 1290. The van der Waals surface area contributed by atoms with Crippen LogP contribution in [0.2, 0.25) is 0 Å². The molecular formula is C26H29N5O4. The Morgan fingerprint density at radius 2 is 1.91 bits per heavy atom. The molecule has 0 radical (unpaired) electrons.